The zero-order valence-corrected chi connectivity index (χ0v) is 15.6. The molecule has 0 saturated heterocycles. The molecule has 2 atom stereocenters. The van der Waals surface area contributed by atoms with E-state index in [1.165, 1.54) is 18.1 Å². The highest BCUT2D eigenvalue weighted by molar-refractivity contribution is 5.75. The van der Waals surface area contributed by atoms with Crippen LogP contribution in [0.4, 0.5) is 10.2 Å². The van der Waals surface area contributed by atoms with Gasteiger partial charge in [0.1, 0.15) is 6.10 Å². The van der Waals surface area contributed by atoms with Crippen molar-refractivity contribution in [3.05, 3.63) is 52.8 Å². The molecular weight excluding hydrogens is 359 g/mol. The summed E-state index contributed by atoms with van der Waals surface area (Å²) in [5, 5.41) is 9.15. The minimum Gasteiger partial charge on any atom is -0.481 e. The Hall–Kier alpha value is -2.63. The van der Waals surface area contributed by atoms with Gasteiger partial charge in [-0.1, -0.05) is 18.2 Å². The second-order valence-electron chi connectivity index (χ2n) is 8.11. The van der Waals surface area contributed by atoms with Crippen molar-refractivity contribution in [3.63, 3.8) is 0 Å². The summed E-state index contributed by atoms with van der Waals surface area (Å²) in [6.07, 6.45) is 4.99. The van der Waals surface area contributed by atoms with Crippen LogP contribution in [0.5, 0.6) is 5.88 Å². The number of aliphatic carboxylic acids is 1. The van der Waals surface area contributed by atoms with E-state index in [1.807, 2.05) is 11.0 Å². The fraction of sp³-hybridized carbons (Fsp3) is 0.455. The summed E-state index contributed by atoms with van der Waals surface area (Å²) >= 11 is 0. The number of pyridine rings is 1. The van der Waals surface area contributed by atoms with Crippen molar-refractivity contribution in [2.45, 2.75) is 50.7 Å². The van der Waals surface area contributed by atoms with Gasteiger partial charge in [-0.2, -0.15) is 4.98 Å². The molecule has 3 aliphatic rings. The van der Waals surface area contributed by atoms with Crippen LogP contribution in [-0.4, -0.2) is 28.7 Å². The van der Waals surface area contributed by atoms with Crippen molar-refractivity contribution >= 4 is 11.8 Å². The molecule has 6 heteroatoms. The highest BCUT2D eigenvalue weighted by atomic mass is 19.1. The van der Waals surface area contributed by atoms with Crippen molar-refractivity contribution in [1.82, 2.24) is 4.98 Å². The average Bonchev–Trinajstić information content (AvgIpc) is 3.46. The molecule has 1 aromatic heterocycles. The molecule has 1 N–H and O–H groups in total. The summed E-state index contributed by atoms with van der Waals surface area (Å²) in [7, 11) is 0. The SMILES string of the molecule is O=C(O)[C@@H]1C[C@H]1c1ccc2c(c1)CCN(c1nc(OC3CCC3)ccc1F)C2. The van der Waals surface area contributed by atoms with Gasteiger partial charge in [-0.15, -0.1) is 0 Å². The predicted molar refractivity (Wildman–Crippen MR) is 102 cm³/mol. The van der Waals surface area contributed by atoms with Crippen LogP contribution in [0.3, 0.4) is 0 Å². The number of carbonyl (C=O) groups is 1. The van der Waals surface area contributed by atoms with Gasteiger partial charge < -0.3 is 14.7 Å². The molecule has 1 aromatic carbocycles. The number of halogens is 1. The predicted octanol–water partition coefficient (Wildman–Crippen LogP) is 3.90. The number of hydrogen-bond acceptors (Lipinski definition) is 4. The van der Waals surface area contributed by atoms with Crippen LogP contribution in [0.25, 0.3) is 0 Å². The maximum absolute atomic E-state index is 14.4. The fourth-order valence-electron chi connectivity index (χ4n) is 4.18. The van der Waals surface area contributed by atoms with Gasteiger partial charge in [0.15, 0.2) is 11.6 Å². The lowest BCUT2D eigenvalue weighted by molar-refractivity contribution is -0.138. The molecule has 5 rings (SSSR count). The molecule has 1 aliphatic heterocycles. The topological polar surface area (TPSA) is 62.7 Å². The van der Waals surface area contributed by atoms with Crippen LogP contribution in [0, 0.1) is 11.7 Å². The zero-order chi connectivity index (χ0) is 19.3. The standard InChI is InChI=1S/C22H23FN2O3/c23-19-6-7-20(28-16-2-1-3-16)24-21(19)25-9-8-13-10-14(4-5-15(13)12-25)17-11-18(17)22(26)27/h4-7,10,16-18H,1-3,8-9,11-12H2,(H,26,27)/t17-,18+/m0/s1. The lowest BCUT2D eigenvalue weighted by atomic mass is 9.95. The van der Waals surface area contributed by atoms with E-state index in [0.717, 1.165) is 36.8 Å². The smallest absolute Gasteiger partial charge is 0.307 e. The number of hydrogen-bond donors (Lipinski definition) is 1. The zero-order valence-electron chi connectivity index (χ0n) is 15.6. The molecule has 0 radical (unpaired) electrons. The third kappa shape index (κ3) is 3.21. The molecule has 0 bridgehead atoms. The third-order valence-electron chi connectivity index (χ3n) is 6.22. The van der Waals surface area contributed by atoms with Gasteiger partial charge in [0.2, 0.25) is 5.88 Å². The molecule has 2 aliphatic carbocycles. The number of ether oxygens (including phenoxy) is 1. The first-order valence-corrected chi connectivity index (χ1v) is 10.0. The van der Waals surface area contributed by atoms with Crippen molar-refractivity contribution in [1.29, 1.82) is 0 Å². The summed E-state index contributed by atoms with van der Waals surface area (Å²) in [6.45, 7) is 1.28. The molecule has 0 amide bonds. The van der Waals surface area contributed by atoms with E-state index in [1.54, 1.807) is 6.07 Å². The summed E-state index contributed by atoms with van der Waals surface area (Å²) in [5.41, 5.74) is 3.49. The van der Waals surface area contributed by atoms with Crippen LogP contribution in [0.2, 0.25) is 0 Å². The van der Waals surface area contributed by atoms with E-state index < -0.39 is 5.97 Å². The van der Waals surface area contributed by atoms with Crippen molar-refractivity contribution in [2.24, 2.45) is 5.92 Å². The first-order chi connectivity index (χ1) is 13.6. The summed E-state index contributed by atoms with van der Waals surface area (Å²) < 4.78 is 20.3. The number of carboxylic acids is 1. The normalized spacial score (nSPS) is 23.7. The van der Waals surface area contributed by atoms with Gasteiger partial charge in [0, 0.05) is 19.2 Å². The van der Waals surface area contributed by atoms with E-state index >= 15 is 0 Å². The van der Waals surface area contributed by atoms with Crippen molar-refractivity contribution in [2.75, 3.05) is 11.4 Å². The summed E-state index contributed by atoms with van der Waals surface area (Å²) in [6, 6.07) is 9.26. The van der Waals surface area contributed by atoms with Crippen molar-refractivity contribution in [3.8, 4) is 5.88 Å². The largest absolute Gasteiger partial charge is 0.481 e. The Morgan fingerprint density at radius 1 is 1.21 bits per heavy atom. The molecule has 2 heterocycles. The molecule has 28 heavy (non-hydrogen) atoms. The monoisotopic (exact) mass is 382 g/mol. The van der Waals surface area contributed by atoms with E-state index in [9.17, 15) is 9.18 Å². The Kier molecular flexibility index (Phi) is 4.22. The number of anilines is 1. The highest BCUT2D eigenvalue weighted by Crippen LogP contribution is 2.48. The lowest BCUT2D eigenvalue weighted by Gasteiger charge is -2.31. The van der Waals surface area contributed by atoms with E-state index in [-0.39, 0.29) is 23.8 Å². The van der Waals surface area contributed by atoms with Gasteiger partial charge in [0.25, 0.3) is 0 Å². The second kappa shape index (κ2) is 6.76. The maximum Gasteiger partial charge on any atom is 0.307 e. The first-order valence-electron chi connectivity index (χ1n) is 10.0. The van der Waals surface area contributed by atoms with Gasteiger partial charge in [-0.25, -0.2) is 4.39 Å². The molecule has 2 saturated carbocycles. The van der Waals surface area contributed by atoms with Crippen LogP contribution in [0.1, 0.15) is 48.3 Å². The minimum atomic E-state index is -0.709. The summed E-state index contributed by atoms with van der Waals surface area (Å²) in [5.74, 6) is -0.298. The highest BCUT2D eigenvalue weighted by Gasteiger charge is 2.44. The van der Waals surface area contributed by atoms with Crippen LogP contribution in [0.15, 0.2) is 30.3 Å². The minimum absolute atomic E-state index is 0.139. The lowest BCUT2D eigenvalue weighted by Crippen LogP contribution is -2.32. The molecule has 0 spiro atoms. The van der Waals surface area contributed by atoms with Gasteiger partial charge in [-0.3, -0.25) is 4.79 Å². The van der Waals surface area contributed by atoms with Gasteiger partial charge in [-0.05, 0) is 60.8 Å². The molecule has 5 nitrogen and oxygen atoms in total. The molecule has 2 fully saturated rings. The fourth-order valence-corrected chi connectivity index (χ4v) is 4.18. The average molecular weight is 382 g/mol. The Morgan fingerprint density at radius 2 is 2.07 bits per heavy atom. The Bertz CT molecular complexity index is 928. The Balaban J connectivity index is 1.33. The van der Waals surface area contributed by atoms with Crippen molar-refractivity contribution < 1.29 is 19.0 Å². The van der Waals surface area contributed by atoms with Crippen LogP contribution < -0.4 is 9.64 Å². The first kappa shape index (κ1) is 17.5. The molecule has 146 valence electrons. The van der Waals surface area contributed by atoms with E-state index in [4.69, 9.17) is 9.84 Å². The van der Waals surface area contributed by atoms with E-state index in [0.29, 0.717) is 24.8 Å². The van der Waals surface area contributed by atoms with E-state index in [2.05, 4.69) is 17.1 Å². The number of rotatable bonds is 5. The molecular formula is C22H23FN2O3. The summed E-state index contributed by atoms with van der Waals surface area (Å²) in [4.78, 5) is 17.5. The molecule has 0 unspecified atom stereocenters. The Labute approximate surface area is 163 Å². The number of carboxylic acid groups (broad SMARTS) is 1. The quantitative estimate of drug-likeness (QED) is 0.850. The number of nitrogens with zero attached hydrogens (tertiary/aromatic N) is 2. The van der Waals surface area contributed by atoms with Gasteiger partial charge in [0.05, 0.1) is 5.92 Å². The number of aromatic nitrogens is 1. The molecule has 2 aromatic rings. The van der Waals surface area contributed by atoms with Crippen LogP contribution in [-0.2, 0) is 17.8 Å². The number of benzene rings is 1. The second-order valence-corrected chi connectivity index (χ2v) is 8.11. The number of fused-ring (bicyclic) bond motifs is 1. The maximum atomic E-state index is 14.4. The van der Waals surface area contributed by atoms with Gasteiger partial charge >= 0.3 is 5.97 Å². The van der Waals surface area contributed by atoms with Crippen LogP contribution >= 0.6 is 0 Å². The third-order valence-corrected chi connectivity index (χ3v) is 6.22. The Morgan fingerprint density at radius 3 is 2.79 bits per heavy atom.